The summed E-state index contributed by atoms with van der Waals surface area (Å²) in [6, 6.07) is 8.52. The van der Waals surface area contributed by atoms with Gasteiger partial charge in [-0.3, -0.25) is 0 Å². The molecule has 0 bridgehead atoms. The maximum atomic E-state index is 6.35. The minimum Gasteiger partial charge on any atom is -0.378 e. The summed E-state index contributed by atoms with van der Waals surface area (Å²) in [5, 5.41) is 4.49. The Kier molecular flexibility index (Phi) is 6.85. The molecule has 0 spiro atoms. The molecule has 2 rings (SSSR count). The molecule has 1 N–H and O–H groups in total. The van der Waals surface area contributed by atoms with Crippen molar-refractivity contribution in [2.75, 3.05) is 13.2 Å². The van der Waals surface area contributed by atoms with Gasteiger partial charge in [0.1, 0.15) is 0 Å². The summed E-state index contributed by atoms with van der Waals surface area (Å²) >= 11 is 6.35. The Labute approximate surface area is 127 Å². The van der Waals surface area contributed by atoms with Crippen LogP contribution in [0.25, 0.3) is 0 Å². The lowest BCUT2D eigenvalue weighted by atomic mass is 9.97. The van der Waals surface area contributed by atoms with Crippen molar-refractivity contribution in [2.45, 2.75) is 57.6 Å². The predicted octanol–water partition coefficient (Wildman–Crippen LogP) is 4.73. The summed E-state index contributed by atoms with van der Waals surface area (Å²) in [5.74, 6) is 0. The van der Waals surface area contributed by atoms with E-state index < -0.39 is 0 Å². The molecular formula is C17H26ClNO. The Balaban J connectivity index is 1.94. The van der Waals surface area contributed by atoms with Gasteiger partial charge in [0.05, 0.1) is 6.10 Å². The van der Waals surface area contributed by atoms with Gasteiger partial charge < -0.3 is 10.1 Å². The molecule has 112 valence electrons. The molecule has 2 nitrogen and oxygen atoms in total. The molecule has 1 aliphatic rings. The molecule has 0 aliphatic carbocycles. The van der Waals surface area contributed by atoms with Crippen LogP contribution >= 0.6 is 11.6 Å². The highest BCUT2D eigenvalue weighted by Crippen LogP contribution is 2.28. The van der Waals surface area contributed by atoms with Crippen LogP contribution in [0.1, 0.15) is 57.1 Å². The fourth-order valence-corrected chi connectivity index (χ4v) is 3.10. The second-order valence-electron chi connectivity index (χ2n) is 5.59. The van der Waals surface area contributed by atoms with Crippen molar-refractivity contribution in [3.63, 3.8) is 0 Å². The molecule has 1 aromatic rings. The predicted molar refractivity (Wildman–Crippen MR) is 85.3 cm³/mol. The van der Waals surface area contributed by atoms with Crippen molar-refractivity contribution in [2.24, 2.45) is 0 Å². The minimum absolute atomic E-state index is 0.342. The van der Waals surface area contributed by atoms with Gasteiger partial charge >= 0.3 is 0 Å². The number of hydrogen-bond acceptors (Lipinski definition) is 2. The largest absolute Gasteiger partial charge is 0.378 e. The van der Waals surface area contributed by atoms with Crippen LogP contribution in [0.5, 0.6) is 0 Å². The van der Waals surface area contributed by atoms with Gasteiger partial charge in [0.25, 0.3) is 0 Å². The Hall–Kier alpha value is -0.570. The first kappa shape index (κ1) is 15.8. The summed E-state index contributed by atoms with van der Waals surface area (Å²) in [4.78, 5) is 0. The van der Waals surface area contributed by atoms with Crippen LogP contribution in [-0.2, 0) is 4.74 Å². The van der Waals surface area contributed by atoms with E-state index in [0.717, 1.165) is 37.4 Å². The maximum Gasteiger partial charge on any atom is 0.0575 e. The van der Waals surface area contributed by atoms with Gasteiger partial charge in [-0.05, 0) is 56.7 Å². The average molecular weight is 296 g/mol. The molecule has 0 amide bonds. The number of halogens is 1. The van der Waals surface area contributed by atoms with E-state index in [1.54, 1.807) is 0 Å². The number of nitrogens with one attached hydrogen (secondary N) is 1. The van der Waals surface area contributed by atoms with E-state index in [-0.39, 0.29) is 0 Å². The van der Waals surface area contributed by atoms with Gasteiger partial charge in [-0.2, -0.15) is 0 Å². The van der Waals surface area contributed by atoms with Crippen LogP contribution in [0.2, 0.25) is 5.02 Å². The molecular weight excluding hydrogens is 270 g/mol. The average Bonchev–Trinajstić information content (AvgIpc) is 2.49. The van der Waals surface area contributed by atoms with Crippen molar-refractivity contribution in [1.82, 2.24) is 5.32 Å². The van der Waals surface area contributed by atoms with Gasteiger partial charge in [0.2, 0.25) is 0 Å². The van der Waals surface area contributed by atoms with Crippen LogP contribution in [0.4, 0.5) is 0 Å². The van der Waals surface area contributed by atoms with E-state index in [4.69, 9.17) is 16.3 Å². The Bertz CT molecular complexity index is 390. The van der Waals surface area contributed by atoms with Crippen LogP contribution in [0, 0.1) is 0 Å². The number of benzene rings is 1. The van der Waals surface area contributed by atoms with Crippen molar-refractivity contribution < 1.29 is 4.74 Å². The summed E-state index contributed by atoms with van der Waals surface area (Å²) in [7, 11) is 0. The first-order chi connectivity index (χ1) is 9.81. The Morgan fingerprint density at radius 3 is 2.90 bits per heavy atom. The molecule has 0 saturated carbocycles. The van der Waals surface area contributed by atoms with E-state index in [0.29, 0.717) is 12.1 Å². The van der Waals surface area contributed by atoms with E-state index in [9.17, 15) is 0 Å². The minimum atomic E-state index is 0.342. The van der Waals surface area contributed by atoms with Crippen molar-refractivity contribution >= 4 is 11.6 Å². The van der Waals surface area contributed by atoms with Crippen molar-refractivity contribution in [3.05, 3.63) is 34.9 Å². The zero-order chi connectivity index (χ0) is 14.2. The Morgan fingerprint density at radius 2 is 2.20 bits per heavy atom. The smallest absolute Gasteiger partial charge is 0.0575 e. The summed E-state index contributed by atoms with van der Waals surface area (Å²) in [5.41, 5.74) is 1.22. The molecule has 1 aliphatic heterocycles. The van der Waals surface area contributed by atoms with Gasteiger partial charge in [-0.1, -0.05) is 36.7 Å². The van der Waals surface area contributed by atoms with Crippen LogP contribution < -0.4 is 5.32 Å². The first-order valence-electron chi connectivity index (χ1n) is 7.90. The molecule has 3 heteroatoms. The quantitative estimate of drug-likeness (QED) is 0.785. The normalized spacial score (nSPS) is 20.8. The highest BCUT2D eigenvalue weighted by Gasteiger charge is 2.18. The zero-order valence-corrected chi connectivity index (χ0v) is 13.2. The van der Waals surface area contributed by atoms with E-state index >= 15 is 0 Å². The molecule has 20 heavy (non-hydrogen) atoms. The molecule has 0 radical (unpaired) electrons. The fraction of sp³-hybridized carbons (Fsp3) is 0.647. The second kappa shape index (κ2) is 8.66. The maximum absolute atomic E-state index is 6.35. The Morgan fingerprint density at radius 1 is 1.35 bits per heavy atom. The lowest BCUT2D eigenvalue weighted by Gasteiger charge is -2.26. The topological polar surface area (TPSA) is 21.3 Å². The molecule has 0 aromatic heterocycles. The molecule has 2 atom stereocenters. The number of hydrogen-bond donors (Lipinski definition) is 1. The summed E-state index contributed by atoms with van der Waals surface area (Å²) in [6.45, 7) is 4.16. The third kappa shape index (κ3) is 4.76. The molecule has 1 aromatic carbocycles. The van der Waals surface area contributed by atoms with Crippen LogP contribution in [0.15, 0.2) is 24.3 Å². The lowest BCUT2D eigenvalue weighted by Crippen LogP contribution is -2.25. The van der Waals surface area contributed by atoms with Gasteiger partial charge in [0, 0.05) is 17.7 Å². The first-order valence-corrected chi connectivity index (χ1v) is 8.28. The SMILES string of the molecule is CCCNC(CCC1CCCCO1)c1ccccc1Cl. The van der Waals surface area contributed by atoms with Gasteiger partial charge in [0.15, 0.2) is 0 Å². The highest BCUT2D eigenvalue weighted by molar-refractivity contribution is 6.31. The molecule has 1 saturated heterocycles. The standard InChI is InChI=1S/C17H26ClNO/c1-2-12-19-17(15-8-3-4-9-16(15)18)11-10-14-7-5-6-13-20-14/h3-4,8-9,14,17,19H,2,5-7,10-13H2,1H3. The molecule has 1 fully saturated rings. The van der Waals surface area contributed by atoms with E-state index in [1.165, 1.54) is 24.8 Å². The number of rotatable bonds is 7. The van der Waals surface area contributed by atoms with Crippen LogP contribution in [0.3, 0.4) is 0 Å². The molecule has 1 heterocycles. The van der Waals surface area contributed by atoms with Crippen molar-refractivity contribution in [3.8, 4) is 0 Å². The van der Waals surface area contributed by atoms with E-state index in [1.807, 2.05) is 12.1 Å². The van der Waals surface area contributed by atoms with Gasteiger partial charge in [-0.25, -0.2) is 0 Å². The second-order valence-corrected chi connectivity index (χ2v) is 6.00. The zero-order valence-electron chi connectivity index (χ0n) is 12.4. The lowest BCUT2D eigenvalue weighted by molar-refractivity contribution is 0.00854. The van der Waals surface area contributed by atoms with Crippen molar-refractivity contribution in [1.29, 1.82) is 0 Å². The van der Waals surface area contributed by atoms with Crippen LogP contribution in [-0.4, -0.2) is 19.3 Å². The monoisotopic (exact) mass is 295 g/mol. The summed E-state index contributed by atoms with van der Waals surface area (Å²) < 4.78 is 5.84. The highest BCUT2D eigenvalue weighted by atomic mass is 35.5. The third-order valence-corrected chi connectivity index (χ3v) is 4.32. The summed E-state index contributed by atoms with van der Waals surface area (Å²) in [6.07, 6.45) is 7.53. The third-order valence-electron chi connectivity index (χ3n) is 3.97. The number of ether oxygens (including phenoxy) is 1. The van der Waals surface area contributed by atoms with Gasteiger partial charge in [-0.15, -0.1) is 0 Å². The fourth-order valence-electron chi connectivity index (χ4n) is 2.83. The molecule has 2 unspecified atom stereocenters. The van der Waals surface area contributed by atoms with E-state index in [2.05, 4.69) is 24.4 Å².